The van der Waals surface area contributed by atoms with Crippen molar-refractivity contribution in [2.45, 2.75) is 26.6 Å². The van der Waals surface area contributed by atoms with Crippen molar-refractivity contribution in [1.29, 1.82) is 5.26 Å². The minimum Gasteiger partial charge on any atom is -0.488 e. The highest BCUT2D eigenvalue weighted by Gasteiger charge is 2.12. The van der Waals surface area contributed by atoms with Crippen molar-refractivity contribution < 1.29 is 14.6 Å². The maximum Gasteiger partial charge on any atom is 0.251 e. The zero-order valence-corrected chi connectivity index (χ0v) is 14.4. The Labute approximate surface area is 147 Å². The Bertz CT molecular complexity index is 766. The Morgan fingerprint density at radius 1 is 1.24 bits per heavy atom. The van der Waals surface area contributed by atoms with Crippen LogP contribution in [0.3, 0.4) is 0 Å². The standard InChI is InChI=1S/C20H22N2O3/c1-14(2)18(23)12-22-20(24)16-8-5-6-15(10-16)13-25-19-9-4-3-7-17(19)11-21/h3-10,14,18,23H,12-13H2,1-2H3,(H,22,24). The molecule has 0 spiro atoms. The second-order valence-electron chi connectivity index (χ2n) is 6.12. The molecule has 0 heterocycles. The molecular formula is C20H22N2O3. The van der Waals surface area contributed by atoms with Gasteiger partial charge in [0.15, 0.2) is 0 Å². The molecule has 0 aliphatic carbocycles. The highest BCUT2D eigenvalue weighted by atomic mass is 16.5. The van der Waals surface area contributed by atoms with Crippen LogP contribution in [0.2, 0.25) is 0 Å². The number of ether oxygens (including phenoxy) is 1. The molecule has 0 saturated heterocycles. The van der Waals surface area contributed by atoms with Gasteiger partial charge in [-0.2, -0.15) is 5.26 Å². The van der Waals surface area contributed by atoms with Gasteiger partial charge in [-0.05, 0) is 35.7 Å². The lowest BCUT2D eigenvalue weighted by Gasteiger charge is -2.15. The monoisotopic (exact) mass is 338 g/mol. The number of rotatable bonds is 7. The minimum absolute atomic E-state index is 0.0836. The summed E-state index contributed by atoms with van der Waals surface area (Å²) in [7, 11) is 0. The highest BCUT2D eigenvalue weighted by Crippen LogP contribution is 2.18. The fraction of sp³-hybridized carbons (Fsp3) is 0.300. The molecule has 0 aliphatic rings. The maximum absolute atomic E-state index is 12.2. The molecule has 130 valence electrons. The van der Waals surface area contributed by atoms with E-state index < -0.39 is 6.10 Å². The first-order chi connectivity index (χ1) is 12.0. The van der Waals surface area contributed by atoms with Gasteiger partial charge in [-0.3, -0.25) is 4.79 Å². The first kappa shape index (κ1) is 18.5. The molecule has 0 radical (unpaired) electrons. The van der Waals surface area contributed by atoms with Crippen LogP contribution in [-0.2, 0) is 6.61 Å². The van der Waals surface area contributed by atoms with Crippen molar-refractivity contribution in [2.75, 3.05) is 6.54 Å². The summed E-state index contributed by atoms with van der Waals surface area (Å²) < 4.78 is 5.68. The van der Waals surface area contributed by atoms with E-state index in [2.05, 4.69) is 11.4 Å². The Hall–Kier alpha value is -2.84. The number of amides is 1. The summed E-state index contributed by atoms with van der Waals surface area (Å²) in [5.74, 6) is 0.360. The van der Waals surface area contributed by atoms with Crippen molar-refractivity contribution in [3.63, 3.8) is 0 Å². The number of aliphatic hydroxyl groups excluding tert-OH is 1. The largest absolute Gasteiger partial charge is 0.488 e. The summed E-state index contributed by atoms with van der Waals surface area (Å²) in [5, 5.41) is 21.6. The molecule has 1 atom stereocenters. The fourth-order valence-corrected chi connectivity index (χ4v) is 2.18. The number of carbonyl (C=O) groups excluding carboxylic acids is 1. The van der Waals surface area contributed by atoms with Crippen LogP contribution < -0.4 is 10.1 Å². The molecule has 2 rings (SSSR count). The Morgan fingerprint density at radius 2 is 2.00 bits per heavy atom. The zero-order valence-electron chi connectivity index (χ0n) is 14.4. The second kappa shape index (κ2) is 8.86. The van der Waals surface area contributed by atoms with Crippen molar-refractivity contribution in [3.8, 4) is 11.8 Å². The average molecular weight is 338 g/mol. The van der Waals surface area contributed by atoms with Gasteiger partial charge in [-0.15, -0.1) is 0 Å². The van der Waals surface area contributed by atoms with Crippen molar-refractivity contribution in [2.24, 2.45) is 5.92 Å². The molecule has 0 aromatic heterocycles. The van der Waals surface area contributed by atoms with E-state index in [-0.39, 0.29) is 25.0 Å². The summed E-state index contributed by atoms with van der Waals surface area (Å²) in [4.78, 5) is 12.2. The number of nitrogens with zero attached hydrogens (tertiary/aromatic N) is 1. The lowest BCUT2D eigenvalue weighted by atomic mass is 10.1. The number of nitriles is 1. The van der Waals surface area contributed by atoms with E-state index in [4.69, 9.17) is 10.00 Å². The van der Waals surface area contributed by atoms with E-state index in [0.717, 1.165) is 5.56 Å². The molecule has 2 aromatic carbocycles. The molecule has 0 bridgehead atoms. The third-order valence-corrected chi connectivity index (χ3v) is 3.83. The topological polar surface area (TPSA) is 82.3 Å². The molecule has 5 nitrogen and oxygen atoms in total. The molecule has 25 heavy (non-hydrogen) atoms. The minimum atomic E-state index is -0.571. The average Bonchev–Trinajstić information content (AvgIpc) is 2.64. The Kier molecular flexibility index (Phi) is 6.55. The van der Waals surface area contributed by atoms with Crippen molar-refractivity contribution in [1.82, 2.24) is 5.32 Å². The number of aliphatic hydroxyl groups is 1. The molecule has 1 amide bonds. The molecule has 0 saturated carbocycles. The fourth-order valence-electron chi connectivity index (χ4n) is 2.18. The normalized spacial score (nSPS) is 11.6. The highest BCUT2D eigenvalue weighted by molar-refractivity contribution is 5.94. The summed E-state index contributed by atoms with van der Waals surface area (Å²) >= 11 is 0. The van der Waals surface area contributed by atoms with E-state index in [9.17, 15) is 9.90 Å². The summed E-state index contributed by atoms with van der Waals surface area (Å²) in [5.41, 5.74) is 1.80. The summed E-state index contributed by atoms with van der Waals surface area (Å²) in [6.07, 6.45) is -0.571. The third-order valence-electron chi connectivity index (χ3n) is 3.83. The molecular weight excluding hydrogens is 316 g/mol. The summed E-state index contributed by atoms with van der Waals surface area (Å²) in [6, 6.07) is 16.2. The van der Waals surface area contributed by atoms with Crippen LogP contribution in [0.15, 0.2) is 48.5 Å². The predicted octanol–water partition coefficient (Wildman–Crippen LogP) is 2.88. The smallest absolute Gasteiger partial charge is 0.251 e. The van der Waals surface area contributed by atoms with Gasteiger partial charge in [0.2, 0.25) is 0 Å². The van der Waals surface area contributed by atoms with Crippen LogP contribution in [0.5, 0.6) is 5.75 Å². The van der Waals surface area contributed by atoms with Crippen LogP contribution in [0.1, 0.15) is 35.3 Å². The van der Waals surface area contributed by atoms with E-state index in [1.54, 1.807) is 42.5 Å². The van der Waals surface area contributed by atoms with Gasteiger partial charge in [0.25, 0.3) is 5.91 Å². The quantitative estimate of drug-likeness (QED) is 0.813. The lowest BCUT2D eigenvalue weighted by Crippen LogP contribution is -2.34. The van der Waals surface area contributed by atoms with E-state index >= 15 is 0 Å². The third kappa shape index (κ3) is 5.33. The van der Waals surface area contributed by atoms with Crippen LogP contribution in [0.4, 0.5) is 0 Å². The van der Waals surface area contributed by atoms with Gasteiger partial charge in [-0.25, -0.2) is 0 Å². The predicted molar refractivity (Wildman–Crippen MR) is 95.1 cm³/mol. The number of para-hydroxylation sites is 1. The maximum atomic E-state index is 12.2. The molecule has 0 fully saturated rings. The van der Waals surface area contributed by atoms with Gasteiger partial charge < -0.3 is 15.2 Å². The van der Waals surface area contributed by atoms with Crippen LogP contribution in [0, 0.1) is 17.2 Å². The van der Waals surface area contributed by atoms with Crippen LogP contribution in [0.25, 0.3) is 0 Å². The number of carbonyl (C=O) groups is 1. The first-order valence-electron chi connectivity index (χ1n) is 8.18. The van der Waals surface area contributed by atoms with Crippen LogP contribution in [-0.4, -0.2) is 23.7 Å². The molecule has 2 aromatic rings. The Balaban J connectivity index is 1.99. The number of hydrogen-bond donors (Lipinski definition) is 2. The van der Waals surface area contributed by atoms with E-state index in [1.165, 1.54) is 0 Å². The summed E-state index contributed by atoms with van der Waals surface area (Å²) in [6.45, 7) is 4.27. The van der Waals surface area contributed by atoms with Gasteiger partial charge in [0.05, 0.1) is 11.7 Å². The number of benzene rings is 2. The Morgan fingerprint density at radius 3 is 2.72 bits per heavy atom. The van der Waals surface area contributed by atoms with Crippen molar-refractivity contribution in [3.05, 3.63) is 65.2 Å². The lowest BCUT2D eigenvalue weighted by molar-refractivity contribution is 0.0871. The van der Waals surface area contributed by atoms with E-state index in [1.807, 2.05) is 19.9 Å². The molecule has 2 N–H and O–H groups in total. The molecule has 1 unspecified atom stereocenters. The van der Waals surface area contributed by atoms with Crippen molar-refractivity contribution >= 4 is 5.91 Å². The van der Waals surface area contributed by atoms with Gasteiger partial charge >= 0.3 is 0 Å². The van der Waals surface area contributed by atoms with Gasteiger partial charge in [0, 0.05) is 12.1 Å². The van der Waals surface area contributed by atoms with E-state index in [0.29, 0.717) is 16.9 Å². The number of nitrogens with one attached hydrogen (secondary N) is 1. The zero-order chi connectivity index (χ0) is 18.2. The van der Waals surface area contributed by atoms with Gasteiger partial charge in [0.1, 0.15) is 18.4 Å². The first-order valence-corrected chi connectivity index (χ1v) is 8.18. The van der Waals surface area contributed by atoms with Crippen LogP contribution >= 0.6 is 0 Å². The molecule has 5 heteroatoms. The SMILES string of the molecule is CC(C)C(O)CNC(=O)c1cccc(COc2ccccc2C#N)c1. The molecule has 0 aliphatic heterocycles. The second-order valence-corrected chi connectivity index (χ2v) is 6.12. The number of hydrogen-bond acceptors (Lipinski definition) is 4. The van der Waals surface area contributed by atoms with Gasteiger partial charge in [-0.1, -0.05) is 38.1 Å².